The summed E-state index contributed by atoms with van der Waals surface area (Å²) >= 11 is 0. The highest BCUT2D eigenvalue weighted by molar-refractivity contribution is 5.20. The number of hydrogen-bond donors (Lipinski definition) is 0. The number of furan rings is 1. The Morgan fingerprint density at radius 3 is 2.64 bits per heavy atom. The van der Waals surface area contributed by atoms with Crippen LogP contribution in [0.15, 0.2) is 27.3 Å². The van der Waals surface area contributed by atoms with E-state index in [4.69, 9.17) is 8.94 Å². The highest BCUT2D eigenvalue weighted by atomic mass is 16.5. The highest BCUT2D eigenvalue weighted by Crippen LogP contribution is 2.51. The fourth-order valence-electron chi connectivity index (χ4n) is 4.82. The van der Waals surface area contributed by atoms with Crippen LogP contribution in [0.25, 0.3) is 0 Å². The molecule has 1 atom stereocenters. The Hall–Kier alpha value is -1.59. The molecule has 5 heteroatoms. The van der Waals surface area contributed by atoms with E-state index in [1.54, 1.807) is 6.26 Å². The van der Waals surface area contributed by atoms with E-state index < -0.39 is 0 Å². The van der Waals surface area contributed by atoms with Crippen molar-refractivity contribution in [2.45, 2.75) is 58.7 Å². The maximum Gasteiger partial charge on any atom is 0.138 e. The molecule has 1 unspecified atom stereocenters. The lowest BCUT2D eigenvalue weighted by atomic mass is 9.58. The third-order valence-electron chi connectivity index (χ3n) is 6.55. The van der Waals surface area contributed by atoms with Crippen molar-refractivity contribution in [2.24, 2.45) is 5.41 Å². The summed E-state index contributed by atoms with van der Waals surface area (Å²) in [6.07, 6.45) is 7.06. The van der Waals surface area contributed by atoms with Crippen LogP contribution in [0.5, 0.6) is 0 Å². The van der Waals surface area contributed by atoms with Crippen molar-refractivity contribution in [3.8, 4) is 0 Å². The maximum atomic E-state index is 5.53. The second-order valence-corrected chi connectivity index (χ2v) is 7.99. The van der Waals surface area contributed by atoms with Gasteiger partial charge >= 0.3 is 0 Å². The summed E-state index contributed by atoms with van der Waals surface area (Å²) in [4.78, 5) is 5.08. The topological polar surface area (TPSA) is 45.7 Å². The highest BCUT2D eigenvalue weighted by Gasteiger charge is 2.49. The number of likely N-dealkylation sites (tertiary alicyclic amines) is 1. The van der Waals surface area contributed by atoms with Gasteiger partial charge in [0, 0.05) is 18.2 Å². The Morgan fingerprint density at radius 1 is 1.28 bits per heavy atom. The number of rotatable bonds is 5. The second kappa shape index (κ2) is 6.61. The molecule has 2 aromatic heterocycles. The molecule has 1 spiro atoms. The molecule has 4 rings (SSSR count). The molecule has 3 heterocycles. The van der Waals surface area contributed by atoms with Gasteiger partial charge in [-0.1, -0.05) is 5.16 Å². The summed E-state index contributed by atoms with van der Waals surface area (Å²) in [6.45, 7) is 8.31. The number of aromatic nitrogens is 1. The number of piperidine rings is 1. The summed E-state index contributed by atoms with van der Waals surface area (Å²) in [5, 5.41) is 4.09. The molecule has 0 bridgehead atoms. The van der Waals surface area contributed by atoms with Gasteiger partial charge in [-0.25, -0.2) is 0 Å². The van der Waals surface area contributed by atoms with Gasteiger partial charge in [-0.15, -0.1) is 0 Å². The Labute approximate surface area is 150 Å². The van der Waals surface area contributed by atoms with Gasteiger partial charge in [0.1, 0.15) is 11.5 Å². The van der Waals surface area contributed by atoms with Crippen molar-refractivity contribution in [1.82, 2.24) is 15.0 Å². The molecule has 0 radical (unpaired) electrons. The molecular formula is C20H29N3O2. The van der Waals surface area contributed by atoms with Gasteiger partial charge in [0.25, 0.3) is 0 Å². The third kappa shape index (κ3) is 3.15. The molecule has 2 aromatic rings. The Kier molecular flexibility index (Phi) is 4.46. The molecule has 0 aromatic carbocycles. The van der Waals surface area contributed by atoms with Gasteiger partial charge in [0.2, 0.25) is 0 Å². The van der Waals surface area contributed by atoms with E-state index in [2.05, 4.69) is 28.1 Å². The average molecular weight is 343 g/mol. The number of hydrogen-bond acceptors (Lipinski definition) is 5. The first-order valence-electron chi connectivity index (χ1n) is 9.44. The average Bonchev–Trinajstić information content (AvgIpc) is 3.19. The van der Waals surface area contributed by atoms with Crippen molar-refractivity contribution in [3.63, 3.8) is 0 Å². The molecule has 136 valence electrons. The largest absolute Gasteiger partial charge is 0.468 e. The van der Waals surface area contributed by atoms with Gasteiger partial charge in [0.05, 0.1) is 18.5 Å². The Balaban J connectivity index is 1.34. The smallest absolute Gasteiger partial charge is 0.138 e. The minimum atomic E-state index is 0.510. The van der Waals surface area contributed by atoms with E-state index in [1.165, 1.54) is 44.3 Å². The zero-order valence-corrected chi connectivity index (χ0v) is 15.6. The molecule has 5 nitrogen and oxygen atoms in total. The van der Waals surface area contributed by atoms with Crippen LogP contribution in [0.1, 0.15) is 48.5 Å². The lowest BCUT2D eigenvalue weighted by Gasteiger charge is -2.57. The van der Waals surface area contributed by atoms with E-state index >= 15 is 0 Å². The van der Waals surface area contributed by atoms with Gasteiger partial charge in [-0.05, 0) is 77.2 Å². The molecule has 1 aliphatic heterocycles. The molecule has 2 fully saturated rings. The van der Waals surface area contributed by atoms with E-state index in [1.807, 2.05) is 19.9 Å². The van der Waals surface area contributed by atoms with Crippen molar-refractivity contribution >= 4 is 0 Å². The van der Waals surface area contributed by atoms with Crippen LogP contribution in [0, 0.1) is 19.3 Å². The van der Waals surface area contributed by atoms with Crippen LogP contribution in [-0.2, 0) is 13.1 Å². The third-order valence-corrected chi connectivity index (χ3v) is 6.55. The van der Waals surface area contributed by atoms with Gasteiger partial charge in [-0.3, -0.25) is 9.80 Å². The predicted molar refractivity (Wildman–Crippen MR) is 96.1 cm³/mol. The second-order valence-electron chi connectivity index (χ2n) is 7.99. The van der Waals surface area contributed by atoms with Crippen LogP contribution >= 0.6 is 0 Å². The fourth-order valence-corrected chi connectivity index (χ4v) is 4.82. The lowest BCUT2D eigenvalue weighted by Crippen LogP contribution is -2.57. The minimum absolute atomic E-state index is 0.510. The molecule has 0 amide bonds. The van der Waals surface area contributed by atoms with Crippen LogP contribution in [0.4, 0.5) is 0 Å². The van der Waals surface area contributed by atoms with E-state index in [-0.39, 0.29) is 0 Å². The van der Waals surface area contributed by atoms with Crippen LogP contribution in [-0.4, -0.2) is 41.1 Å². The van der Waals surface area contributed by atoms with E-state index in [9.17, 15) is 0 Å². The monoisotopic (exact) mass is 343 g/mol. The molecule has 1 saturated heterocycles. The zero-order chi connectivity index (χ0) is 17.4. The molecule has 1 aliphatic carbocycles. The SMILES string of the molecule is Cc1noc(C)c1CN1CCC2(CCC2N(C)Cc2ccco2)CC1. The molecule has 2 aliphatic rings. The first-order chi connectivity index (χ1) is 12.1. The van der Waals surface area contributed by atoms with Crippen LogP contribution in [0.3, 0.4) is 0 Å². The first-order valence-corrected chi connectivity index (χ1v) is 9.44. The van der Waals surface area contributed by atoms with Gasteiger partial charge in [0.15, 0.2) is 0 Å². The summed E-state index contributed by atoms with van der Waals surface area (Å²) in [5.74, 6) is 2.04. The Bertz CT molecular complexity index is 679. The number of nitrogens with zero attached hydrogens (tertiary/aromatic N) is 3. The van der Waals surface area contributed by atoms with Crippen molar-refractivity contribution in [1.29, 1.82) is 0 Å². The summed E-state index contributed by atoms with van der Waals surface area (Å²) in [6, 6.07) is 4.75. The lowest BCUT2D eigenvalue weighted by molar-refractivity contribution is -0.0649. The normalized spacial score (nSPS) is 23.3. The van der Waals surface area contributed by atoms with Crippen molar-refractivity contribution in [2.75, 3.05) is 20.1 Å². The van der Waals surface area contributed by atoms with E-state index in [0.717, 1.165) is 30.3 Å². The van der Waals surface area contributed by atoms with Gasteiger partial charge in [-0.2, -0.15) is 0 Å². The zero-order valence-electron chi connectivity index (χ0n) is 15.6. The van der Waals surface area contributed by atoms with Crippen molar-refractivity contribution < 1.29 is 8.94 Å². The molecule has 1 saturated carbocycles. The fraction of sp³-hybridized carbons (Fsp3) is 0.650. The minimum Gasteiger partial charge on any atom is -0.468 e. The molecule has 25 heavy (non-hydrogen) atoms. The predicted octanol–water partition coefficient (Wildman–Crippen LogP) is 3.76. The first kappa shape index (κ1) is 16.9. The summed E-state index contributed by atoms with van der Waals surface area (Å²) < 4.78 is 10.8. The van der Waals surface area contributed by atoms with Crippen LogP contribution < -0.4 is 0 Å². The maximum absolute atomic E-state index is 5.53. The quantitative estimate of drug-likeness (QED) is 0.827. The Morgan fingerprint density at radius 2 is 2.08 bits per heavy atom. The van der Waals surface area contributed by atoms with Crippen LogP contribution in [0.2, 0.25) is 0 Å². The summed E-state index contributed by atoms with van der Waals surface area (Å²) in [5.41, 5.74) is 2.82. The standard InChI is InChI=1S/C20H29N3O2/c1-15-18(16(2)25-21-15)14-23-10-8-20(9-11-23)7-6-19(20)22(3)13-17-5-4-12-24-17/h4-5,12,19H,6-11,13-14H2,1-3H3. The molecular weight excluding hydrogens is 314 g/mol. The van der Waals surface area contributed by atoms with E-state index in [0.29, 0.717) is 11.5 Å². The van der Waals surface area contributed by atoms with Crippen molar-refractivity contribution in [3.05, 3.63) is 41.2 Å². The number of aryl methyl sites for hydroxylation is 2. The molecule has 0 N–H and O–H groups in total. The summed E-state index contributed by atoms with van der Waals surface area (Å²) in [7, 11) is 2.25. The van der Waals surface area contributed by atoms with Gasteiger partial charge < -0.3 is 8.94 Å².